The lowest BCUT2D eigenvalue weighted by atomic mass is 10.2. The summed E-state index contributed by atoms with van der Waals surface area (Å²) in [7, 11) is 0. The van der Waals surface area contributed by atoms with Crippen LogP contribution in [0.2, 0.25) is 0 Å². The molecule has 112 valence electrons. The van der Waals surface area contributed by atoms with Crippen molar-refractivity contribution in [1.29, 1.82) is 0 Å². The van der Waals surface area contributed by atoms with E-state index in [2.05, 4.69) is 15.9 Å². The molecule has 2 aromatic carbocycles. The molecule has 0 saturated carbocycles. The Balaban J connectivity index is 2.13. The van der Waals surface area contributed by atoms with Gasteiger partial charge >= 0.3 is 6.18 Å². The Hall–Kier alpha value is -1.21. The minimum absolute atomic E-state index is 0.0605. The van der Waals surface area contributed by atoms with Crippen molar-refractivity contribution >= 4 is 33.4 Å². The number of alkyl halides is 3. The topological polar surface area (TPSA) is 26.0 Å². The van der Waals surface area contributed by atoms with Crippen LogP contribution in [0.5, 0.6) is 0 Å². The summed E-state index contributed by atoms with van der Waals surface area (Å²) in [4.78, 5) is 0.531. The van der Waals surface area contributed by atoms with Gasteiger partial charge in [0.25, 0.3) is 0 Å². The first-order chi connectivity index (χ1) is 9.75. The van der Waals surface area contributed by atoms with Gasteiger partial charge in [-0.3, -0.25) is 0 Å². The van der Waals surface area contributed by atoms with Gasteiger partial charge in [-0.15, -0.1) is 11.8 Å². The van der Waals surface area contributed by atoms with Crippen LogP contribution in [0.4, 0.5) is 23.2 Å². The van der Waals surface area contributed by atoms with E-state index in [0.29, 0.717) is 20.7 Å². The zero-order valence-electron chi connectivity index (χ0n) is 10.5. The summed E-state index contributed by atoms with van der Waals surface area (Å²) in [5.41, 5.74) is 5.63. The molecule has 0 aromatic heterocycles. The maximum atomic E-state index is 13.2. The van der Waals surface area contributed by atoms with E-state index in [4.69, 9.17) is 5.73 Å². The molecule has 7 heteroatoms. The number of rotatable bonds is 3. The van der Waals surface area contributed by atoms with Gasteiger partial charge in [0.15, 0.2) is 0 Å². The average Bonchev–Trinajstić information content (AvgIpc) is 2.35. The molecular formula is C14H10BrF4NS. The largest absolute Gasteiger partial charge is 0.416 e. The molecule has 2 aromatic rings. The Morgan fingerprint density at radius 2 is 1.81 bits per heavy atom. The quantitative estimate of drug-likeness (QED) is 0.434. The van der Waals surface area contributed by atoms with Crippen molar-refractivity contribution in [2.24, 2.45) is 0 Å². The van der Waals surface area contributed by atoms with Crippen LogP contribution in [0.3, 0.4) is 0 Å². The number of halogens is 5. The van der Waals surface area contributed by atoms with Crippen molar-refractivity contribution in [2.75, 3.05) is 5.73 Å². The van der Waals surface area contributed by atoms with Gasteiger partial charge in [-0.25, -0.2) is 4.39 Å². The van der Waals surface area contributed by atoms with Crippen LogP contribution in [0.1, 0.15) is 11.1 Å². The fraction of sp³-hybridized carbons (Fsp3) is 0.143. The number of nitrogen functional groups attached to an aromatic ring is 1. The van der Waals surface area contributed by atoms with E-state index in [0.717, 1.165) is 12.1 Å². The molecule has 2 rings (SSSR count). The van der Waals surface area contributed by atoms with Gasteiger partial charge in [0, 0.05) is 20.8 Å². The minimum Gasteiger partial charge on any atom is -0.398 e. The fourth-order valence-electron chi connectivity index (χ4n) is 1.71. The molecule has 0 aliphatic carbocycles. The highest BCUT2D eigenvalue weighted by Gasteiger charge is 2.30. The zero-order valence-corrected chi connectivity index (χ0v) is 12.9. The van der Waals surface area contributed by atoms with Gasteiger partial charge in [0.1, 0.15) is 5.82 Å². The Morgan fingerprint density at radius 3 is 2.38 bits per heavy atom. The molecule has 21 heavy (non-hydrogen) atoms. The molecule has 1 nitrogen and oxygen atoms in total. The molecule has 0 amide bonds. The van der Waals surface area contributed by atoms with E-state index < -0.39 is 11.7 Å². The van der Waals surface area contributed by atoms with Gasteiger partial charge < -0.3 is 5.73 Å². The number of hydrogen-bond donors (Lipinski definition) is 1. The SMILES string of the molecule is Nc1cc(C(F)(F)F)ccc1SCc1cc(F)cc(Br)c1. The average molecular weight is 380 g/mol. The Labute approximate surface area is 131 Å². The van der Waals surface area contributed by atoms with Gasteiger partial charge in [-0.05, 0) is 42.0 Å². The van der Waals surface area contributed by atoms with Gasteiger partial charge in [0.05, 0.1) is 5.56 Å². The van der Waals surface area contributed by atoms with Crippen molar-refractivity contribution in [3.8, 4) is 0 Å². The second-order valence-corrected chi connectivity index (χ2v) is 6.25. The highest BCUT2D eigenvalue weighted by Crippen LogP contribution is 2.35. The normalized spacial score (nSPS) is 11.7. The predicted molar refractivity (Wildman–Crippen MR) is 79.5 cm³/mol. The first kappa shape index (κ1) is 16.2. The van der Waals surface area contributed by atoms with Gasteiger partial charge in [-0.2, -0.15) is 13.2 Å². The lowest BCUT2D eigenvalue weighted by Crippen LogP contribution is -2.05. The van der Waals surface area contributed by atoms with E-state index in [-0.39, 0.29) is 11.5 Å². The first-order valence-corrected chi connectivity index (χ1v) is 7.58. The van der Waals surface area contributed by atoms with Crippen LogP contribution in [-0.4, -0.2) is 0 Å². The Morgan fingerprint density at radius 1 is 1.10 bits per heavy atom. The van der Waals surface area contributed by atoms with E-state index in [1.807, 2.05) is 0 Å². The Kier molecular flexibility index (Phi) is 4.83. The summed E-state index contributed by atoms with van der Waals surface area (Å²) in [6.45, 7) is 0. The van der Waals surface area contributed by atoms with Crippen LogP contribution >= 0.6 is 27.7 Å². The molecule has 0 radical (unpaired) electrons. The number of thioether (sulfide) groups is 1. The highest BCUT2D eigenvalue weighted by molar-refractivity contribution is 9.10. The van der Waals surface area contributed by atoms with Crippen molar-refractivity contribution < 1.29 is 17.6 Å². The predicted octanol–water partition coefficient (Wildman–Crippen LogP) is 5.48. The summed E-state index contributed by atoms with van der Waals surface area (Å²) < 4.78 is 51.4. The molecular weight excluding hydrogens is 370 g/mol. The van der Waals surface area contributed by atoms with Crippen LogP contribution in [-0.2, 0) is 11.9 Å². The summed E-state index contributed by atoms with van der Waals surface area (Å²) in [5.74, 6) is 0.0340. The van der Waals surface area contributed by atoms with Gasteiger partial charge in [-0.1, -0.05) is 15.9 Å². The maximum absolute atomic E-state index is 13.2. The molecule has 0 heterocycles. The van der Waals surface area contributed by atoms with E-state index in [1.165, 1.54) is 30.0 Å². The monoisotopic (exact) mass is 379 g/mol. The molecule has 0 unspecified atom stereocenters. The smallest absolute Gasteiger partial charge is 0.398 e. The van der Waals surface area contributed by atoms with Crippen LogP contribution in [0, 0.1) is 5.82 Å². The van der Waals surface area contributed by atoms with Crippen LogP contribution < -0.4 is 5.73 Å². The Bertz CT molecular complexity index is 638. The lowest BCUT2D eigenvalue weighted by Gasteiger charge is -2.10. The zero-order chi connectivity index (χ0) is 15.6. The second-order valence-electron chi connectivity index (χ2n) is 4.32. The summed E-state index contributed by atoms with van der Waals surface area (Å²) >= 11 is 4.44. The summed E-state index contributed by atoms with van der Waals surface area (Å²) in [5, 5.41) is 0. The van der Waals surface area contributed by atoms with Crippen LogP contribution in [0.25, 0.3) is 0 Å². The minimum atomic E-state index is -4.41. The number of benzene rings is 2. The van der Waals surface area contributed by atoms with Gasteiger partial charge in [0.2, 0.25) is 0 Å². The van der Waals surface area contributed by atoms with Crippen molar-refractivity contribution in [3.63, 3.8) is 0 Å². The molecule has 0 bridgehead atoms. The third-order valence-corrected chi connectivity index (χ3v) is 4.27. The van der Waals surface area contributed by atoms with E-state index in [9.17, 15) is 17.6 Å². The van der Waals surface area contributed by atoms with Crippen LogP contribution in [0.15, 0.2) is 45.8 Å². The highest BCUT2D eigenvalue weighted by atomic mass is 79.9. The fourth-order valence-corrected chi connectivity index (χ4v) is 3.10. The molecule has 0 spiro atoms. The van der Waals surface area contributed by atoms with Crippen molar-refractivity contribution in [3.05, 3.63) is 57.8 Å². The molecule has 0 atom stereocenters. The molecule has 0 saturated heterocycles. The number of hydrogen-bond acceptors (Lipinski definition) is 2. The standard InChI is InChI=1S/C14H10BrF4NS/c15-10-3-8(4-11(16)6-10)7-21-13-2-1-9(5-12(13)20)14(17,18)19/h1-6H,7,20H2. The maximum Gasteiger partial charge on any atom is 0.416 e. The molecule has 0 aliphatic rings. The molecule has 0 fully saturated rings. The summed E-state index contributed by atoms with van der Waals surface area (Å²) in [6, 6.07) is 7.68. The van der Waals surface area contributed by atoms with Crippen molar-refractivity contribution in [1.82, 2.24) is 0 Å². The number of anilines is 1. The van der Waals surface area contributed by atoms with Crippen molar-refractivity contribution in [2.45, 2.75) is 16.8 Å². The second kappa shape index (κ2) is 6.27. The molecule has 2 N–H and O–H groups in total. The van der Waals surface area contributed by atoms with E-state index in [1.54, 1.807) is 6.07 Å². The third kappa shape index (κ3) is 4.38. The molecule has 0 aliphatic heterocycles. The summed E-state index contributed by atoms with van der Waals surface area (Å²) in [6.07, 6.45) is -4.41. The third-order valence-electron chi connectivity index (χ3n) is 2.65. The lowest BCUT2D eigenvalue weighted by molar-refractivity contribution is -0.137. The first-order valence-electron chi connectivity index (χ1n) is 5.80. The number of nitrogens with two attached hydrogens (primary N) is 1. The van der Waals surface area contributed by atoms with E-state index >= 15 is 0 Å².